The lowest BCUT2D eigenvalue weighted by Gasteiger charge is -2.20. The molecule has 12 aromatic heterocycles. The van der Waals surface area contributed by atoms with Gasteiger partial charge in [-0.15, -0.1) is 0 Å². The van der Waals surface area contributed by atoms with Gasteiger partial charge in [0.2, 0.25) is 22.8 Å². The summed E-state index contributed by atoms with van der Waals surface area (Å²) < 4.78 is 463. The van der Waals surface area contributed by atoms with Crippen molar-refractivity contribution < 1.29 is 107 Å². The van der Waals surface area contributed by atoms with E-state index in [1.165, 1.54) is 110 Å². The van der Waals surface area contributed by atoms with Gasteiger partial charge in [0, 0.05) is 232 Å². The first-order valence-corrected chi connectivity index (χ1v) is 42.2. The molecule has 12 heterocycles. The molecule has 0 spiro atoms. The maximum atomic E-state index is 8.74. The zero-order valence-electron chi connectivity index (χ0n) is 124. The number of aryl methyl sites for hydroxylation is 8. The summed E-state index contributed by atoms with van der Waals surface area (Å²) in [6.45, 7) is -42.5. The lowest BCUT2D eigenvalue weighted by molar-refractivity contribution is -0.660. The van der Waals surface area contributed by atoms with Crippen molar-refractivity contribution >= 4 is 87.9 Å². The van der Waals surface area contributed by atoms with Crippen LogP contribution in [0.25, 0.3) is 177 Å². The lowest BCUT2D eigenvalue weighted by atomic mass is 9.83. The van der Waals surface area contributed by atoms with E-state index in [4.69, 9.17) is 88.9 Å². The number of fused-ring (bicyclic) bond motifs is 27. The fourth-order valence-electron chi connectivity index (χ4n) is 19.5. The molecule has 0 aliphatic heterocycles. The number of rotatable bonds is 8. The highest BCUT2D eigenvalue weighted by atomic mass is 16.3. The topological polar surface area (TPSA) is 120 Å². The monoisotopic (exact) mass is 1790 g/mol. The second-order valence-electron chi connectivity index (χ2n) is 34.2. The minimum absolute atomic E-state index is 0.000394. The van der Waals surface area contributed by atoms with Crippen molar-refractivity contribution in [2.24, 2.45) is 28.2 Å². The molecular formula is C120H116N8O4+4. The molecule has 0 radical (unpaired) electrons. The smallest absolute Gasteiger partial charge is 0.216 e. The molecule has 0 atom stereocenters. The summed E-state index contributed by atoms with van der Waals surface area (Å²) in [7, 11) is 6.73. The van der Waals surface area contributed by atoms with Crippen LogP contribution in [-0.4, -0.2) is 19.9 Å². The highest BCUT2D eigenvalue weighted by Crippen LogP contribution is 2.58. The van der Waals surface area contributed by atoms with E-state index >= 15 is 0 Å². The molecule has 0 N–H and O–H groups in total. The Labute approximate surface area is 846 Å². The molecule has 4 aliphatic carbocycles. The number of pyridine rings is 8. The van der Waals surface area contributed by atoms with E-state index < -0.39 is 155 Å². The Morgan fingerprint density at radius 3 is 1.19 bits per heavy atom. The fourth-order valence-corrected chi connectivity index (χ4v) is 19.5. The number of hydrogen-bond donors (Lipinski definition) is 0. The number of furan rings is 4. The van der Waals surface area contributed by atoms with E-state index in [-0.39, 0.29) is 95.0 Å². The van der Waals surface area contributed by atoms with Crippen molar-refractivity contribution in [1.29, 1.82) is 0 Å². The highest BCUT2D eigenvalue weighted by Gasteiger charge is 2.44. The summed E-state index contributed by atoms with van der Waals surface area (Å²) >= 11 is 0. The first kappa shape index (κ1) is 44.9. The van der Waals surface area contributed by atoms with Crippen LogP contribution in [-0.2, 0) is 49.9 Å². The van der Waals surface area contributed by atoms with Gasteiger partial charge in [0.05, 0.1) is 39.3 Å². The molecule has 4 aliphatic rings. The van der Waals surface area contributed by atoms with Gasteiger partial charge in [-0.1, -0.05) is 205 Å². The van der Waals surface area contributed by atoms with Crippen molar-refractivity contribution in [1.82, 2.24) is 19.9 Å². The van der Waals surface area contributed by atoms with Crippen LogP contribution < -0.4 is 18.3 Å². The zero-order chi connectivity index (χ0) is 136. The molecular weight excluding hydrogens is 1620 g/mol. The van der Waals surface area contributed by atoms with Crippen LogP contribution in [0, 0.1) is 27.7 Å². The highest BCUT2D eigenvalue weighted by molar-refractivity contribution is 6.17. The van der Waals surface area contributed by atoms with E-state index in [1.54, 1.807) is 208 Å². The van der Waals surface area contributed by atoms with E-state index in [1.807, 2.05) is 0 Å². The Morgan fingerprint density at radius 2 is 0.682 bits per heavy atom. The summed E-state index contributed by atoms with van der Waals surface area (Å²) in [6, 6.07) is 50.9. The average molecular weight is 1790 g/mol. The predicted molar refractivity (Wildman–Crippen MR) is 538 cm³/mol. The van der Waals surface area contributed by atoms with Gasteiger partial charge < -0.3 is 17.7 Å². The standard InChI is InChI=1S/4C30H29N2O/c1-17(2)19-13-15-32(6)24(16-19)25-18(3)9-10-21-22-12-11-20-23-8-7-14-31-29(23)30(4,5)26(20)28(22)33-27(21)25;1-17(2)19-11-13-32(6)25(14-19)27-18(3)9-10-20-23-15-24-22(16-26(23)33-28(20)27)21-8-7-12-31-29(21)30(24,4)5;1-17(2)19-13-14-32(6)24(15-19)25-18(3)11-12-20-22-16-31-29-26(28(22)33-27(20)25)21-9-7-8-10-23(21)30(29,4)5;1-17(2)19-13-14-32(6)24(15-19)25-18(3)11-12-21-27-29(33-28(21)25)26-20-9-7-8-10-22(20)30(4,5)23(26)16-31-27/h4*7-17H,1-6H3/q4*+1/i4*1D3,2D3,4D3,5D3,17D. The van der Waals surface area contributed by atoms with E-state index in [0.29, 0.717) is 172 Å². The third-order valence-electron chi connectivity index (χ3n) is 26.2. The molecule has 656 valence electrons. The van der Waals surface area contributed by atoms with Gasteiger partial charge in [0.1, 0.15) is 67.2 Å². The van der Waals surface area contributed by atoms with Gasteiger partial charge in [-0.2, -0.15) is 0 Å². The summed E-state index contributed by atoms with van der Waals surface area (Å²) in [5.41, 5.74) is 0.622. The quantitative estimate of drug-likeness (QED) is 0.138. The summed E-state index contributed by atoms with van der Waals surface area (Å²) in [5, 5.41) is 3.56. The Bertz CT molecular complexity index is 10100. The minimum Gasteiger partial charge on any atom is -0.455 e. The van der Waals surface area contributed by atoms with E-state index in [9.17, 15) is 0 Å². The van der Waals surface area contributed by atoms with Crippen molar-refractivity contribution in [2.45, 2.75) is 183 Å². The average Bonchev–Trinajstić information content (AvgIpc) is 1.52. The molecule has 8 aromatic carbocycles. The van der Waals surface area contributed by atoms with Gasteiger partial charge in [0.25, 0.3) is 0 Å². The van der Waals surface area contributed by atoms with E-state index in [0.717, 1.165) is 0 Å². The summed E-state index contributed by atoms with van der Waals surface area (Å²) in [4.78, 5) is 17.7. The number of aromatic nitrogens is 8. The van der Waals surface area contributed by atoms with Crippen LogP contribution in [0.3, 0.4) is 0 Å². The third-order valence-corrected chi connectivity index (χ3v) is 26.2. The first-order valence-electron chi connectivity index (χ1n) is 68.2. The van der Waals surface area contributed by atoms with Crippen LogP contribution >= 0.6 is 0 Å². The molecule has 0 amide bonds. The van der Waals surface area contributed by atoms with Crippen molar-refractivity contribution in [2.75, 3.05) is 0 Å². The largest absolute Gasteiger partial charge is 0.455 e. The second kappa shape index (κ2) is 30.9. The maximum Gasteiger partial charge on any atom is 0.216 e. The Balaban J connectivity index is 0.000000137. The molecule has 0 saturated heterocycles. The lowest BCUT2D eigenvalue weighted by Crippen LogP contribution is -2.31. The van der Waals surface area contributed by atoms with Crippen LogP contribution in [0.4, 0.5) is 0 Å². The van der Waals surface area contributed by atoms with Crippen molar-refractivity contribution in [3.8, 4) is 89.5 Å². The Morgan fingerprint density at radius 1 is 0.288 bits per heavy atom. The normalized spacial score (nSPS) is 21.9. The van der Waals surface area contributed by atoms with Gasteiger partial charge in [0.15, 0.2) is 36.0 Å². The number of hydrogen-bond acceptors (Lipinski definition) is 8. The second-order valence-corrected chi connectivity index (χ2v) is 34.2. The van der Waals surface area contributed by atoms with Gasteiger partial charge in [-0.05, 0) is 190 Å². The molecule has 20 aromatic rings. The molecule has 12 nitrogen and oxygen atoms in total. The molecule has 0 fully saturated rings. The molecule has 0 saturated carbocycles. The van der Waals surface area contributed by atoms with Gasteiger partial charge >= 0.3 is 0 Å². The SMILES string of the molecule is [2H]C([2H])([2H])C([2H])(c1cc[n+](C)c(-c2c(C)ccc3c2oc2c4c(ccc23)-c2cccnc2C4(C([2H])([2H])[2H])C([2H])([2H])[2H])c1)C([2H])([2H])[2H].[2H]C([2H])([2H])C([2H])(c1cc[n+](C)c(-c2c(C)ccc3c2oc2c4c(cnc23)C(C([2H])([2H])[2H])(C([2H])([2H])[2H])c2ccccc2-4)c1)C([2H])([2H])[2H].[2H]C([2H])([2H])C([2H])(c1cc[n+](C)c(-c2c(C)ccc3c2oc2c4c(ncc23)C(C([2H])([2H])[2H])(C([2H])([2H])[2H])c2ccccc2-4)c1)C([2H])([2H])[2H].[2H]C([2H])([2H])C([2H])(c1cc[n+](C)c(-c2c(C)ccc3c2oc2cc4c(cc23)C(C([2H])([2H])[2H])(C([2H])([2H])[2H])c2ncccc2-4)c1)C([2H])([2H])[2H]. The van der Waals surface area contributed by atoms with Crippen LogP contribution in [0.2, 0.25) is 0 Å². The van der Waals surface area contributed by atoms with Gasteiger partial charge in [-0.3, -0.25) is 19.9 Å². The Kier molecular flexibility index (Phi) is 10.5. The molecule has 0 bridgehead atoms. The Hall–Kier alpha value is -13.8. The first-order chi connectivity index (χ1) is 84.3. The molecule has 0 unspecified atom stereocenters. The van der Waals surface area contributed by atoms with Crippen LogP contribution in [0.1, 0.15) is 294 Å². The molecule has 24 rings (SSSR count). The van der Waals surface area contributed by atoms with Crippen molar-refractivity contribution in [3.63, 3.8) is 0 Å². The van der Waals surface area contributed by atoms with Crippen molar-refractivity contribution in [3.05, 3.63) is 333 Å². The minimum atomic E-state index is -3.20. The number of benzene rings is 8. The molecule has 132 heavy (non-hydrogen) atoms. The number of nitrogens with zero attached hydrogens (tertiary/aromatic N) is 8. The van der Waals surface area contributed by atoms with Crippen LogP contribution in [0.5, 0.6) is 0 Å². The van der Waals surface area contributed by atoms with Crippen LogP contribution in [0.15, 0.2) is 261 Å². The summed E-state index contributed by atoms with van der Waals surface area (Å²) in [6.07, 6.45) is 11.4. The van der Waals surface area contributed by atoms with Gasteiger partial charge in [-0.25, -0.2) is 18.3 Å². The maximum absolute atomic E-state index is 8.74. The third kappa shape index (κ3) is 12.9. The summed E-state index contributed by atoms with van der Waals surface area (Å²) in [5.74, 6) is -11.7. The van der Waals surface area contributed by atoms with E-state index in [2.05, 4.69) is 19.9 Å². The zero-order valence-corrected chi connectivity index (χ0v) is 72.3. The molecule has 12 heteroatoms. The fraction of sp³-hybridized carbons (Fsp3) is 0.267. The predicted octanol–water partition coefficient (Wildman–Crippen LogP) is 28.8.